The van der Waals surface area contributed by atoms with E-state index >= 15 is 0 Å². The normalized spacial score (nSPS) is 18.8. The van der Waals surface area contributed by atoms with E-state index in [1.807, 2.05) is 0 Å². The van der Waals surface area contributed by atoms with Crippen LogP contribution in [0.3, 0.4) is 0 Å². The second-order valence-corrected chi connectivity index (χ2v) is 6.16. The van der Waals surface area contributed by atoms with Crippen molar-refractivity contribution in [2.24, 2.45) is 10.9 Å². The Labute approximate surface area is 134 Å². The van der Waals surface area contributed by atoms with Gasteiger partial charge in [0.05, 0.1) is 13.2 Å². The molecule has 1 heterocycles. The van der Waals surface area contributed by atoms with Crippen LogP contribution in [0.5, 0.6) is 0 Å². The Kier molecular flexibility index (Phi) is 6.25. The van der Waals surface area contributed by atoms with Gasteiger partial charge in [-0.3, -0.25) is 0 Å². The zero-order chi connectivity index (χ0) is 15.9. The summed E-state index contributed by atoms with van der Waals surface area (Å²) in [5.74, 6) is 1.65. The Morgan fingerprint density at radius 3 is 2.91 bits per heavy atom. The predicted molar refractivity (Wildman–Crippen MR) is 92.3 cm³/mol. The van der Waals surface area contributed by atoms with Gasteiger partial charge in [-0.2, -0.15) is 0 Å². The van der Waals surface area contributed by atoms with Gasteiger partial charge in [0.25, 0.3) is 0 Å². The minimum Gasteiger partial charge on any atom is -0.384 e. The summed E-state index contributed by atoms with van der Waals surface area (Å²) >= 11 is 0. The summed E-state index contributed by atoms with van der Waals surface area (Å²) in [6, 6.07) is 6.58. The van der Waals surface area contributed by atoms with E-state index in [9.17, 15) is 0 Å². The monoisotopic (exact) mass is 303 g/mol. The number of nitrogens with one attached hydrogen (secondary N) is 1. The van der Waals surface area contributed by atoms with Gasteiger partial charge in [-0.15, -0.1) is 0 Å². The van der Waals surface area contributed by atoms with E-state index in [1.165, 1.54) is 23.1 Å². The van der Waals surface area contributed by atoms with Crippen LogP contribution in [0.1, 0.15) is 30.0 Å². The topological polar surface area (TPSA) is 36.9 Å². The maximum absolute atomic E-state index is 5.28. The second-order valence-electron chi connectivity index (χ2n) is 6.16. The van der Waals surface area contributed by atoms with Crippen molar-refractivity contribution in [1.29, 1.82) is 0 Å². The lowest BCUT2D eigenvalue weighted by Gasteiger charge is -2.21. The highest BCUT2D eigenvalue weighted by molar-refractivity contribution is 5.80. The van der Waals surface area contributed by atoms with Gasteiger partial charge < -0.3 is 15.0 Å². The molecule has 1 N–H and O–H groups in total. The second kappa shape index (κ2) is 8.18. The molecule has 0 aliphatic carbocycles. The lowest BCUT2D eigenvalue weighted by molar-refractivity contribution is 0.157. The molecule has 1 aliphatic rings. The van der Waals surface area contributed by atoms with Crippen molar-refractivity contribution in [3.05, 3.63) is 34.9 Å². The molecule has 1 aliphatic heterocycles. The summed E-state index contributed by atoms with van der Waals surface area (Å²) < 4.78 is 5.28. The van der Waals surface area contributed by atoms with Gasteiger partial charge in [-0.25, -0.2) is 4.99 Å². The summed E-state index contributed by atoms with van der Waals surface area (Å²) in [6.45, 7) is 11.0. The zero-order valence-corrected chi connectivity index (χ0v) is 14.4. The van der Waals surface area contributed by atoms with Gasteiger partial charge in [-0.1, -0.05) is 23.8 Å². The molecule has 22 heavy (non-hydrogen) atoms. The Bertz CT molecular complexity index is 513. The number of aryl methyl sites for hydroxylation is 2. The van der Waals surface area contributed by atoms with E-state index in [0.717, 1.165) is 38.7 Å². The van der Waals surface area contributed by atoms with Crippen LogP contribution in [0.2, 0.25) is 0 Å². The number of benzene rings is 1. The van der Waals surface area contributed by atoms with E-state index in [4.69, 9.17) is 9.73 Å². The van der Waals surface area contributed by atoms with Crippen LogP contribution in [0.4, 0.5) is 0 Å². The minimum atomic E-state index is 0.620. The molecule has 122 valence electrons. The third kappa shape index (κ3) is 4.47. The predicted octanol–water partition coefficient (Wildman–Crippen LogP) is 2.74. The molecule has 1 unspecified atom stereocenters. The van der Waals surface area contributed by atoms with Gasteiger partial charge >= 0.3 is 0 Å². The average molecular weight is 303 g/mol. The van der Waals surface area contributed by atoms with E-state index in [1.54, 1.807) is 7.11 Å². The Hall–Kier alpha value is -1.55. The van der Waals surface area contributed by atoms with E-state index < -0.39 is 0 Å². The lowest BCUT2D eigenvalue weighted by atomic mass is 10.1. The maximum atomic E-state index is 5.28. The first-order chi connectivity index (χ1) is 10.6. The number of ether oxygens (including phenoxy) is 1. The first-order valence-corrected chi connectivity index (χ1v) is 8.22. The molecular weight excluding hydrogens is 274 g/mol. The first-order valence-electron chi connectivity index (χ1n) is 8.22. The molecule has 0 saturated carbocycles. The van der Waals surface area contributed by atoms with Crippen LogP contribution in [0.15, 0.2) is 23.2 Å². The molecule has 0 aromatic heterocycles. The molecule has 1 fully saturated rings. The molecule has 1 atom stereocenters. The minimum absolute atomic E-state index is 0.620. The highest BCUT2D eigenvalue weighted by Crippen LogP contribution is 2.17. The van der Waals surface area contributed by atoms with Crippen molar-refractivity contribution < 1.29 is 4.74 Å². The fourth-order valence-electron chi connectivity index (χ4n) is 3.01. The standard InChI is InChI=1S/C18H29N3O/c1-5-19-18(21-9-8-16(12-21)13-22-4)20-11-17-7-6-14(2)10-15(17)3/h6-7,10,16H,5,8-9,11-13H2,1-4H3,(H,19,20). The first kappa shape index (κ1) is 16.8. The highest BCUT2D eigenvalue weighted by atomic mass is 16.5. The van der Waals surface area contributed by atoms with Crippen LogP contribution in [0.25, 0.3) is 0 Å². The number of nitrogens with zero attached hydrogens (tertiary/aromatic N) is 2. The summed E-state index contributed by atoms with van der Waals surface area (Å²) in [6.07, 6.45) is 1.18. The number of hydrogen-bond donors (Lipinski definition) is 1. The molecule has 1 saturated heterocycles. The summed E-state index contributed by atoms with van der Waals surface area (Å²) in [7, 11) is 1.78. The number of guanidine groups is 1. The molecule has 1 aromatic rings. The number of likely N-dealkylation sites (tertiary alicyclic amines) is 1. The van der Waals surface area contributed by atoms with Crippen LogP contribution < -0.4 is 5.32 Å². The average Bonchev–Trinajstić information content (AvgIpc) is 2.94. The number of rotatable bonds is 5. The molecule has 0 bridgehead atoms. The van der Waals surface area contributed by atoms with Gasteiger partial charge in [0.15, 0.2) is 5.96 Å². The molecule has 4 heteroatoms. The molecular formula is C18H29N3O. The zero-order valence-electron chi connectivity index (χ0n) is 14.4. The van der Waals surface area contributed by atoms with Crippen molar-refractivity contribution >= 4 is 5.96 Å². The summed E-state index contributed by atoms with van der Waals surface area (Å²) in [4.78, 5) is 7.20. The quantitative estimate of drug-likeness (QED) is 0.671. The van der Waals surface area contributed by atoms with Gasteiger partial charge in [-0.05, 0) is 38.3 Å². The van der Waals surface area contributed by atoms with Gasteiger partial charge in [0.1, 0.15) is 0 Å². The smallest absolute Gasteiger partial charge is 0.194 e. The highest BCUT2D eigenvalue weighted by Gasteiger charge is 2.24. The maximum Gasteiger partial charge on any atom is 0.194 e. The van der Waals surface area contributed by atoms with Crippen molar-refractivity contribution in [1.82, 2.24) is 10.2 Å². The van der Waals surface area contributed by atoms with Crippen LogP contribution in [-0.4, -0.2) is 44.2 Å². The van der Waals surface area contributed by atoms with Crippen molar-refractivity contribution in [2.45, 2.75) is 33.7 Å². The molecule has 2 rings (SSSR count). The molecule has 0 radical (unpaired) electrons. The summed E-state index contributed by atoms with van der Waals surface area (Å²) in [5.41, 5.74) is 3.92. The van der Waals surface area contributed by atoms with Crippen LogP contribution in [0, 0.1) is 19.8 Å². The fourth-order valence-corrected chi connectivity index (χ4v) is 3.01. The van der Waals surface area contributed by atoms with E-state index in [-0.39, 0.29) is 0 Å². The summed E-state index contributed by atoms with van der Waals surface area (Å²) in [5, 5.41) is 3.42. The lowest BCUT2D eigenvalue weighted by Crippen LogP contribution is -2.40. The Balaban J connectivity index is 2.04. The molecule has 1 aromatic carbocycles. The van der Waals surface area contributed by atoms with Crippen LogP contribution >= 0.6 is 0 Å². The largest absolute Gasteiger partial charge is 0.384 e. The molecule has 4 nitrogen and oxygen atoms in total. The van der Waals surface area contributed by atoms with Gasteiger partial charge in [0, 0.05) is 32.7 Å². The Morgan fingerprint density at radius 1 is 1.41 bits per heavy atom. The van der Waals surface area contributed by atoms with E-state index in [0.29, 0.717) is 5.92 Å². The number of aliphatic imine (C=N–C) groups is 1. The van der Waals surface area contributed by atoms with Crippen molar-refractivity contribution in [3.63, 3.8) is 0 Å². The number of methoxy groups -OCH3 is 1. The third-order valence-corrected chi connectivity index (χ3v) is 4.22. The SMILES string of the molecule is CCNC(=NCc1ccc(C)cc1C)N1CCC(COC)C1. The van der Waals surface area contributed by atoms with E-state index in [2.05, 4.69) is 49.2 Å². The Morgan fingerprint density at radius 2 is 2.23 bits per heavy atom. The molecule has 0 amide bonds. The third-order valence-electron chi connectivity index (χ3n) is 4.22. The van der Waals surface area contributed by atoms with Crippen molar-refractivity contribution in [3.8, 4) is 0 Å². The van der Waals surface area contributed by atoms with Gasteiger partial charge in [0.2, 0.25) is 0 Å². The van der Waals surface area contributed by atoms with Crippen molar-refractivity contribution in [2.75, 3.05) is 33.4 Å². The fraction of sp³-hybridized carbons (Fsp3) is 0.611. The molecule has 0 spiro atoms. The van der Waals surface area contributed by atoms with Crippen LogP contribution in [-0.2, 0) is 11.3 Å². The number of hydrogen-bond acceptors (Lipinski definition) is 2.